The van der Waals surface area contributed by atoms with E-state index >= 15 is 0 Å². The van der Waals surface area contributed by atoms with Gasteiger partial charge in [-0.1, -0.05) is 42.5 Å². The Kier molecular flexibility index (Phi) is 8.05. The molecule has 0 N–H and O–H groups in total. The van der Waals surface area contributed by atoms with Crippen LogP contribution in [0.3, 0.4) is 0 Å². The number of hydrogen-bond acceptors (Lipinski definition) is 5. The van der Waals surface area contributed by atoms with Crippen molar-refractivity contribution in [3.05, 3.63) is 89.7 Å². The molecule has 0 radical (unpaired) electrons. The van der Waals surface area contributed by atoms with Gasteiger partial charge in [0.15, 0.2) is 0 Å². The predicted octanol–water partition coefficient (Wildman–Crippen LogP) is 6.06. The molecule has 0 bridgehead atoms. The smallest absolute Gasteiger partial charge is 0.313 e. The molecular weight excluding hydrogens is 435 g/mol. The Morgan fingerprint density at radius 3 is 2.21 bits per heavy atom. The Morgan fingerprint density at radius 2 is 1.59 bits per heavy atom. The molecular formula is C28H29FO5. The molecule has 0 heterocycles. The highest BCUT2D eigenvalue weighted by atomic mass is 19.1. The van der Waals surface area contributed by atoms with Crippen LogP contribution in [-0.2, 0) is 25.7 Å². The lowest BCUT2D eigenvalue weighted by Gasteiger charge is -2.21. The first-order valence-corrected chi connectivity index (χ1v) is 11.0. The second-order valence-corrected chi connectivity index (χ2v) is 8.93. The zero-order valence-electron chi connectivity index (χ0n) is 19.8. The van der Waals surface area contributed by atoms with Crippen LogP contribution in [0.5, 0.6) is 5.75 Å². The fourth-order valence-corrected chi connectivity index (χ4v) is 3.48. The molecule has 3 aromatic rings. The molecule has 0 spiro atoms. The van der Waals surface area contributed by atoms with Crippen molar-refractivity contribution in [3.63, 3.8) is 0 Å². The fraction of sp³-hybridized carbons (Fsp3) is 0.286. The van der Waals surface area contributed by atoms with Gasteiger partial charge in [0.1, 0.15) is 23.8 Å². The first-order chi connectivity index (χ1) is 16.1. The summed E-state index contributed by atoms with van der Waals surface area (Å²) in [5.41, 5.74) is 2.86. The lowest BCUT2D eigenvalue weighted by molar-refractivity contribution is -0.158. The van der Waals surface area contributed by atoms with Crippen LogP contribution in [0, 0.1) is 5.82 Å². The molecule has 0 fully saturated rings. The molecule has 6 heteroatoms. The minimum atomic E-state index is -0.763. The van der Waals surface area contributed by atoms with E-state index in [1.807, 2.05) is 24.3 Å². The molecule has 5 nitrogen and oxygen atoms in total. The van der Waals surface area contributed by atoms with E-state index in [2.05, 4.69) is 0 Å². The summed E-state index contributed by atoms with van der Waals surface area (Å²) in [6.45, 7) is 5.67. The quantitative estimate of drug-likeness (QED) is 0.379. The largest absolute Gasteiger partial charge is 0.489 e. The Hall–Kier alpha value is -3.67. The van der Waals surface area contributed by atoms with Crippen LogP contribution in [0.1, 0.15) is 44.2 Å². The number of ether oxygens (including phenoxy) is 3. The van der Waals surface area contributed by atoms with Gasteiger partial charge in [0.05, 0.1) is 19.4 Å². The van der Waals surface area contributed by atoms with Crippen molar-refractivity contribution in [2.75, 3.05) is 7.11 Å². The third kappa shape index (κ3) is 7.17. The van der Waals surface area contributed by atoms with Crippen LogP contribution in [-0.4, -0.2) is 24.6 Å². The number of hydrogen-bond donors (Lipinski definition) is 0. The van der Waals surface area contributed by atoms with Gasteiger partial charge in [-0.05, 0) is 73.4 Å². The summed E-state index contributed by atoms with van der Waals surface area (Å²) in [4.78, 5) is 24.6. The maximum absolute atomic E-state index is 13.2. The predicted molar refractivity (Wildman–Crippen MR) is 128 cm³/mol. The molecule has 0 amide bonds. The van der Waals surface area contributed by atoms with Gasteiger partial charge in [-0.3, -0.25) is 9.59 Å². The van der Waals surface area contributed by atoms with E-state index in [1.54, 1.807) is 57.2 Å². The van der Waals surface area contributed by atoms with Crippen molar-refractivity contribution < 1.29 is 28.2 Å². The monoisotopic (exact) mass is 464 g/mol. The number of methoxy groups -OCH3 is 1. The molecule has 34 heavy (non-hydrogen) atoms. The van der Waals surface area contributed by atoms with Gasteiger partial charge < -0.3 is 14.2 Å². The van der Waals surface area contributed by atoms with Gasteiger partial charge in [0.2, 0.25) is 0 Å². The third-order valence-electron chi connectivity index (χ3n) is 5.07. The summed E-state index contributed by atoms with van der Waals surface area (Å²) in [6.07, 6.45) is -0.111. The first-order valence-electron chi connectivity index (χ1n) is 11.0. The van der Waals surface area contributed by atoms with Crippen LogP contribution in [0.15, 0.2) is 72.8 Å². The summed E-state index contributed by atoms with van der Waals surface area (Å²) in [6, 6.07) is 21.2. The van der Waals surface area contributed by atoms with Crippen molar-refractivity contribution in [3.8, 4) is 16.9 Å². The Morgan fingerprint density at radius 1 is 0.912 bits per heavy atom. The molecule has 0 aliphatic rings. The molecule has 0 aromatic heterocycles. The second-order valence-electron chi connectivity index (χ2n) is 8.93. The minimum Gasteiger partial charge on any atom is -0.489 e. The molecule has 3 aromatic carbocycles. The van der Waals surface area contributed by atoms with Gasteiger partial charge in [-0.25, -0.2) is 4.39 Å². The van der Waals surface area contributed by atoms with Crippen LogP contribution in [0.2, 0.25) is 0 Å². The average Bonchev–Trinajstić information content (AvgIpc) is 2.81. The van der Waals surface area contributed by atoms with Crippen LogP contribution in [0.4, 0.5) is 4.39 Å². The molecule has 0 saturated carbocycles. The van der Waals surface area contributed by atoms with Crippen molar-refractivity contribution in [1.29, 1.82) is 0 Å². The molecule has 1 unspecified atom stereocenters. The van der Waals surface area contributed by atoms with Gasteiger partial charge >= 0.3 is 11.9 Å². The maximum Gasteiger partial charge on any atom is 0.313 e. The summed E-state index contributed by atoms with van der Waals surface area (Å²) in [5.74, 6) is -1.38. The molecule has 178 valence electrons. The van der Waals surface area contributed by atoms with Gasteiger partial charge in [0, 0.05) is 0 Å². The zero-order chi connectivity index (χ0) is 24.7. The lowest BCUT2D eigenvalue weighted by Crippen LogP contribution is -2.27. The summed E-state index contributed by atoms with van der Waals surface area (Å²) < 4.78 is 29.3. The lowest BCUT2D eigenvalue weighted by atomic mass is 9.95. The van der Waals surface area contributed by atoms with E-state index in [9.17, 15) is 14.0 Å². The topological polar surface area (TPSA) is 61.8 Å². The van der Waals surface area contributed by atoms with Crippen molar-refractivity contribution >= 4 is 11.9 Å². The number of halogens is 1. The number of esters is 2. The van der Waals surface area contributed by atoms with E-state index in [-0.39, 0.29) is 12.2 Å². The summed E-state index contributed by atoms with van der Waals surface area (Å²) >= 11 is 0. The number of carbonyl (C=O) groups is 2. The van der Waals surface area contributed by atoms with Crippen molar-refractivity contribution in [2.45, 2.75) is 45.3 Å². The average molecular weight is 465 g/mol. The van der Waals surface area contributed by atoms with Gasteiger partial charge in [-0.15, -0.1) is 0 Å². The molecule has 0 saturated heterocycles. The molecule has 0 aliphatic heterocycles. The second kappa shape index (κ2) is 11.0. The summed E-state index contributed by atoms with van der Waals surface area (Å²) in [5, 5.41) is 0. The fourth-order valence-electron chi connectivity index (χ4n) is 3.48. The van der Waals surface area contributed by atoms with Gasteiger partial charge in [-0.2, -0.15) is 0 Å². The normalized spacial score (nSPS) is 12.0. The highest BCUT2D eigenvalue weighted by Gasteiger charge is 2.27. The Labute approximate surface area is 199 Å². The minimum absolute atomic E-state index is 0.111. The van der Waals surface area contributed by atoms with E-state index in [4.69, 9.17) is 14.2 Å². The van der Waals surface area contributed by atoms with Crippen LogP contribution < -0.4 is 4.74 Å². The Bertz CT molecular complexity index is 1110. The first kappa shape index (κ1) is 25.0. The molecule has 1 atom stereocenters. The number of benzene rings is 3. The van der Waals surface area contributed by atoms with E-state index in [0.717, 1.165) is 16.7 Å². The number of carbonyl (C=O) groups excluding carboxylic acids is 2. The van der Waals surface area contributed by atoms with Gasteiger partial charge in [0.25, 0.3) is 0 Å². The summed E-state index contributed by atoms with van der Waals surface area (Å²) in [7, 11) is 1.29. The van der Waals surface area contributed by atoms with Crippen LogP contribution in [0.25, 0.3) is 11.1 Å². The standard InChI is InChI=1S/C28H29FO5/c1-28(2,3)34-26(30)17-25(27(31)32-4)21-10-14-24(15-11-21)33-18-19-6-5-7-22(16-19)20-8-12-23(29)13-9-20/h5-16,25H,17-18H2,1-4H3. The highest BCUT2D eigenvalue weighted by Crippen LogP contribution is 2.26. The SMILES string of the molecule is COC(=O)C(CC(=O)OC(C)(C)C)c1ccc(OCc2cccc(-c3ccc(F)cc3)c2)cc1. The zero-order valence-corrected chi connectivity index (χ0v) is 19.8. The third-order valence-corrected chi connectivity index (χ3v) is 5.07. The Balaban J connectivity index is 1.66. The molecule has 0 aliphatic carbocycles. The maximum atomic E-state index is 13.2. The number of rotatable bonds is 8. The van der Waals surface area contributed by atoms with E-state index < -0.39 is 23.5 Å². The molecule has 3 rings (SSSR count). The van der Waals surface area contributed by atoms with E-state index in [0.29, 0.717) is 17.9 Å². The highest BCUT2D eigenvalue weighted by molar-refractivity contribution is 5.84. The van der Waals surface area contributed by atoms with Crippen LogP contribution >= 0.6 is 0 Å². The van der Waals surface area contributed by atoms with Crippen molar-refractivity contribution in [2.24, 2.45) is 0 Å². The van der Waals surface area contributed by atoms with E-state index in [1.165, 1.54) is 19.2 Å². The van der Waals surface area contributed by atoms with Crippen molar-refractivity contribution in [1.82, 2.24) is 0 Å².